The van der Waals surface area contributed by atoms with E-state index in [1.807, 2.05) is 74.3 Å². The molecule has 0 unspecified atom stereocenters. The number of rotatable bonds is 9. The van der Waals surface area contributed by atoms with Gasteiger partial charge in [0.2, 0.25) is 0 Å². The summed E-state index contributed by atoms with van der Waals surface area (Å²) < 4.78 is 16.9. The maximum Gasteiger partial charge on any atom is 0.320 e. The van der Waals surface area contributed by atoms with Gasteiger partial charge in [0, 0.05) is 71.6 Å². The molecule has 1 aromatic rings. The van der Waals surface area contributed by atoms with Gasteiger partial charge in [-0.15, -0.1) is 0 Å². The summed E-state index contributed by atoms with van der Waals surface area (Å²) >= 11 is 0. The molecule has 11 nitrogen and oxygen atoms in total. The standard InChI is InChI=1S/C34H59N5O6/c1-32(2,3)43-29(40)24-37-17-15-36(23-27-11-13-28(35-10)14-12-27)16-18-38(25-30(41)44-33(4,5)6)20-22-39(21-19-37)26-31(42)45-34(7,8)9/h11-14,35H,15-26H2,1-10H3. The van der Waals surface area contributed by atoms with Gasteiger partial charge in [-0.3, -0.25) is 34.0 Å². The fourth-order valence-electron chi connectivity index (χ4n) is 4.92. The van der Waals surface area contributed by atoms with Gasteiger partial charge >= 0.3 is 17.9 Å². The van der Waals surface area contributed by atoms with Crippen molar-refractivity contribution < 1.29 is 28.6 Å². The van der Waals surface area contributed by atoms with Crippen LogP contribution >= 0.6 is 0 Å². The molecular formula is C34H59N5O6. The Hall–Kier alpha value is -2.73. The van der Waals surface area contributed by atoms with Crippen molar-refractivity contribution in [1.82, 2.24) is 19.6 Å². The van der Waals surface area contributed by atoms with Crippen molar-refractivity contribution in [2.45, 2.75) is 85.7 Å². The average molecular weight is 634 g/mol. The van der Waals surface area contributed by atoms with Gasteiger partial charge in [0.1, 0.15) is 16.8 Å². The number of esters is 3. The van der Waals surface area contributed by atoms with E-state index >= 15 is 0 Å². The maximum absolute atomic E-state index is 12.9. The van der Waals surface area contributed by atoms with Crippen LogP contribution in [0.1, 0.15) is 67.9 Å². The number of ether oxygens (including phenoxy) is 3. The Balaban J connectivity index is 2.30. The molecule has 1 aliphatic heterocycles. The smallest absolute Gasteiger partial charge is 0.320 e. The summed E-state index contributed by atoms with van der Waals surface area (Å²) in [6.45, 7) is 22.9. The lowest BCUT2D eigenvalue weighted by atomic mass is 10.2. The first-order chi connectivity index (χ1) is 20.8. The Morgan fingerprint density at radius 2 is 0.844 bits per heavy atom. The van der Waals surface area contributed by atoms with E-state index in [4.69, 9.17) is 14.2 Å². The van der Waals surface area contributed by atoms with Crippen molar-refractivity contribution in [1.29, 1.82) is 0 Å². The molecule has 1 fully saturated rings. The average Bonchev–Trinajstić information content (AvgIpc) is 2.87. The maximum atomic E-state index is 12.9. The molecule has 1 N–H and O–H groups in total. The summed E-state index contributed by atoms with van der Waals surface area (Å²) in [6, 6.07) is 8.37. The first-order valence-electron chi connectivity index (χ1n) is 16.1. The highest BCUT2D eigenvalue weighted by Crippen LogP contribution is 2.14. The second kappa shape index (κ2) is 17.3. The molecule has 0 spiro atoms. The molecule has 2 rings (SSSR count). The second-order valence-electron chi connectivity index (χ2n) is 14.8. The van der Waals surface area contributed by atoms with Crippen molar-refractivity contribution in [3.05, 3.63) is 29.8 Å². The van der Waals surface area contributed by atoms with E-state index in [1.165, 1.54) is 5.56 Å². The van der Waals surface area contributed by atoms with E-state index < -0.39 is 16.8 Å². The lowest BCUT2D eigenvalue weighted by Gasteiger charge is -2.34. The van der Waals surface area contributed by atoms with Gasteiger partial charge in [-0.05, 0) is 80.0 Å². The summed E-state index contributed by atoms with van der Waals surface area (Å²) in [7, 11) is 1.90. The molecule has 1 heterocycles. The van der Waals surface area contributed by atoms with Gasteiger partial charge in [-0.25, -0.2) is 0 Å². The first kappa shape index (κ1) is 38.5. The molecule has 1 saturated heterocycles. The molecule has 0 bridgehead atoms. The fraction of sp³-hybridized carbons (Fsp3) is 0.735. The van der Waals surface area contributed by atoms with Crippen LogP contribution in [0.4, 0.5) is 5.69 Å². The van der Waals surface area contributed by atoms with Gasteiger partial charge in [0.05, 0.1) is 19.6 Å². The van der Waals surface area contributed by atoms with Gasteiger partial charge < -0.3 is 19.5 Å². The zero-order valence-corrected chi connectivity index (χ0v) is 29.5. The second-order valence-corrected chi connectivity index (χ2v) is 14.8. The molecule has 0 radical (unpaired) electrons. The predicted octanol–water partition coefficient (Wildman–Crippen LogP) is 3.48. The van der Waals surface area contributed by atoms with E-state index in [0.717, 1.165) is 12.2 Å². The number of hydrogen-bond donors (Lipinski definition) is 1. The van der Waals surface area contributed by atoms with E-state index in [9.17, 15) is 14.4 Å². The molecule has 256 valence electrons. The van der Waals surface area contributed by atoms with Gasteiger partial charge in [-0.2, -0.15) is 0 Å². The summed E-state index contributed by atoms with van der Waals surface area (Å²) in [5.74, 6) is -0.848. The highest BCUT2D eigenvalue weighted by Gasteiger charge is 2.25. The minimum Gasteiger partial charge on any atom is -0.459 e. The molecule has 0 amide bonds. The van der Waals surface area contributed by atoms with Crippen LogP contribution in [0.25, 0.3) is 0 Å². The summed E-state index contributed by atoms with van der Waals surface area (Å²) in [4.78, 5) is 47.2. The van der Waals surface area contributed by atoms with Crippen molar-refractivity contribution >= 4 is 23.6 Å². The van der Waals surface area contributed by atoms with Gasteiger partial charge in [0.25, 0.3) is 0 Å². The highest BCUT2D eigenvalue weighted by molar-refractivity contribution is 5.73. The van der Waals surface area contributed by atoms with E-state index in [2.05, 4.69) is 44.3 Å². The Morgan fingerprint density at radius 1 is 0.556 bits per heavy atom. The fourth-order valence-corrected chi connectivity index (χ4v) is 4.92. The lowest BCUT2D eigenvalue weighted by Crippen LogP contribution is -2.49. The largest absolute Gasteiger partial charge is 0.459 e. The van der Waals surface area contributed by atoms with Crippen molar-refractivity contribution in [3.8, 4) is 0 Å². The van der Waals surface area contributed by atoms with E-state index in [1.54, 1.807) is 0 Å². The summed E-state index contributed by atoms with van der Waals surface area (Å²) in [5, 5.41) is 3.16. The molecule has 45 heavy (non-hydrogen) atoms. The van der Waals surface area contributed by atoms with Gasteiger partial charge in [-0.1, -0.05) is 12.1 Å². The zero-order valence-electron chi connectivity index (χ0n) is 29.5. The third kappa shape index (κ3) is 17.5. The molecule has 1 aromatic carbocycles. The highest BCUT2D eigenvalue weighted by atomic mass is 16.6. The van der Waals surface area contributed by atoms with Crippen molar-refractivity contribution in [2.24, 2.45) is 0 Å². The molecule has 0 atom stereocenters. The molecule has 0 aromatic heterocycles. The number of hydrogen-bond acceptors (Lipinski definition) is 11. The van der Waals surface area contributed by atoms with Crippen LogP contribution in [0.2, 0.25) is 0 Å². The molecular weight excluding hydrogens is 574 g/mol. The van der Waals surface area contributed by atoms with Crippen LogP contribution in [-0.4, -0.2) is 133 Å². The Bertz CT molecular complexity index is 1030. The minimum absolute atomic E-state index is 0.118. The van der Waals surface area contributed by atoms with Crippen LogP contribution < -0.4 is 5.32 Å². The molecule has 1 aliphatic rings. The molecule has 0 aliphatic carbocycles. The lowest BCUT2D eigenvalue weighted by molar-refractivity contribution is -0.158. The Morgan fingerprint density at radius 3 is 1.11 bits per heavy atom. The third-order valence-electron chi connectivity index (χ3n) is 6.90. The number of benzene rings is 1. The van der Waals surface area contributed by atoms with Crippen LogP contribution in [-0.2, 0) is 35.1 Å². The topological polar surface area (TPSA) is 104 Å². The Kier molecular flexibility index (Phi) is 14.7. The van der Waals surface area contributed by atoms with E-state index in [-0.39, 0.29) is 37.5 Å². The number of anilines is 1. The van der Waals surface area contributed by atoms with Crippen molar-refractivity contribution in [3.63, 3.8) is 0 Å². The number of nitrogens with zero attached hydrogens (tertiary/aromatic N) is 4. The van der Waals surface area contributed by atoms with Crippen LogP contribution in [0.3, 0.4) is 0 Å². The quantitative estimate of drug-likeness (QED) is 0.319. The van der Waals surface area contributed by atoms with Gasteiger partial charge in [0.15, 0.2) is 0 Å². The van der Waals surface area contributed by atoms with E-state index in [0.29, 0.717) is 52.4 Å². The minimum atomic E-state index is -0.591. The predicted molar refractivity (Wildman–Crippen MR) is 178 cm³/mol. The molecule has 0 saturated carbocycles. The number of carbonyl (C=O) groups is 3. The van der Waals surface area contributed by atoms with Crippen molar-refractivity contribution in [2.75, 3.05) is 84.4 Å². The zero-order chi connectivity index (χ0) is 33.8. The number of nitrogens with one attached hydrogen (secondary N) is 1. The Labute approximate surface area is 271 Å². The van der Waals surface area contributed by atoms with Crippen LogP contribution in [0, 0.1) is 0 Å². The van der Waals surface area contributed by atoms with Crippen LogP contribution in [0.5, 0.6) is 0 Å². The summed E-state index contributed by atoms with van der Waals surface area (Å²) in [5.41, 5.74) is 0.495. The normalized spacial score (nSPS) is 17.6. The van der Waals surface area contributed by atoms with Crippen LogP contribution in [0.15, 0.2) is 24.3 Å². The monoisotopic (exact) mass is 633 g/mol. The SMILES string of the molecule is CNc1ccc(CN2CCN(CC(=O)OC(C)(C)C)CCN(CC(=O)OC(C)(C)C)CCN(CC(=O)OC(C)(C)C)CC2)cc1. The number of carbonyl (C=O) groups excluding carboxylic acids is 3. The third-order valence-corrected chi connectivity index (χ3v) is 6.90. The first-order valence-corrected chi connectivity index (χ1v) is 16.1. The molecule has 11 heteroatoms. The summed E-state index contributed by atoms with van der Waals surface area (Å²) in [6.07, 6.45) is 0.